The van der Waals surface area contributed by atoms with Crippen LogP contribution in [-0.4, -0.2) is 53.9 Å². The molecule has 0 aliphatic carbocycles. The Morgan fingerprint density at radius 2 is 1.65 bits per heavy atom. The minimum absolute atomic E-state index is 0.320. The summed E-state index contributed by atoms with van der Waals surface area (Å²) in [4.78, 5) is 46.0. The quantitative estimate of drug-likeness (QED) is 0.204. The fourth-order valence-corrected chi connectivity index (χ4v) is 8.25. The van der Waals surface area contributed by atoms with Crippen molar-refractivity contribution in [1.82, 2.24) is 14.5 Å². The summed E-state index contributed by atoms with van der Waals surface area (Å²) in [5, 5.41) is 0.702. The molecule has 0 bridgehead atoms. The highest BCUT2D eigenvalue weighted by Gasteiger charge is 2.45. The first-order chi connectivity index (χ1) is 17.1. The second kappa shape index (κ2) is 11.6. The average Bonchev–Trinajstić information content (AvgIpc) is 3.35. The van der Waals surface area contributed by atoms with E-state index < -0.39 is 50.2 Å². The Kier molecular flexibility index (Phi) is 9.54. The molecule has 2 aromatic rings. The van der Waals surface area contributed by atoms with Gasteiger partial charge in [0.1, 0.15) is 24.0 Å². The number of nitrogen functional groups attached to an aromatic ring is 1. The number of fused-ring (bicyclic) bond motifs is 1. The number of hydrogen-bond donors (Lipinski definition) is 5. The van der Waals surface area contributed by atoms with Gasteiger partial charge in [-0.25, -0.2) is 28.2 Å². The van der Waals surface area contributed by atoms with E-state index in [1.807, 2.05) is 13.1 Å². The number of phosphoric ester groups is 2. The first-order valence-corrected chi connectivity index (χ1v) is 16.5. The van der Waals surface area contributed by atoms with Gasteiger partial charge in [0, 0.05) is 13.3 Å². The SMILES string of the molecule is CCCc1cn([C@H]2CC[C@@H](COP(=O)(O)OP(=O)(O)OP(=O)(O)OP(=O)(O)OC)O2)c2ncnc(N)c12. The Balaban J connectivity index is 1.61. The molecular weight excluding hydrogens is 584 g/mol. The summed E-state index contributed by atoms with van der Waals surface area (Å²) < 4.78 is 74.3. The number of nitrogens with two attached hydrogens (primary N) is 1. The molecule has 18 nitrogen and oxygen atoms in total. The lowest BCUT2D eigenvalue weighted by Crippen LogP contribution is -2.16. The van der Waals surface area contributed by atoms with E-state index in [2.05, 4.69) is 31.9 Å². The number of nitrogens with zero attached hydrogens (tertiary/aromatic N) is 3. The molecular formula is C15H26N4O14P4. The highest BCUT2D eigenvalue weighted by molar-refractivity contribution is 7.69. The monoisotopic (exact) mass is 610 g/mol. The highest BCUT2D eigenvalue weighted by atomic mass is 31.3. The molecule has 0 radical (unpaired) electrons. The van der Waals surface area contributed by atoms with Gasteiger partial charge < -0.3 is 34.6 Å². The number of ether oxygens (including phenoxy) is 1. The van der Waals surface area contributed by atoms with Crippen LogP contribution in [0.5, 0.6) is 0 Å². The van der Waals surface area contributed by atoms with Crippen molar-refractivity contribution in [2.24, 2.45) is 0 Å². The maximum atomic E-state index is 12.1. The zero-order chi connectivity index (χ0) is 27.6. The average molecular weight is 610 g/mol. The molecule has 1 aliphatic rings. The second-order valence-electron chi connectivity index (χ2n) is 7.66. The van der Waals surface area contributed by atoms with E-state index in [0.717, 1.165) is 18.4 Å². The number of phosphoric acid groups is 4. The zero-order valence-electron chi connectivity index (χ0n) is 19.4. The zero-order valence-corrected chi connectivity index (χ0v) is 23.0. The van der Waals surface area contributed by atoms with Crippen molar-refractivity contribution in [2.75, 3.05) is 19.5 Å². The van der Waals surface area contributed by atoms with Crippen molar-refractivity contribution >= 4 is 48.1 Å². The van der Waals surface area contributed by atoms with Crippen LogP contribution in [0.15, 0.2) is 12.5 Å². The van der Waals surface area contributed by atoms with Crippen LogP contribution < -0.4 is 5.73 Å². The Hall–Kier alpha value is -1.06. The normalized spacial score (nSPS) is 24.8. The van der Waals surface area contributed by atoms with E-state index in [1.165, 1.54) is 6.33 Å². The molecule has 0 aromatic carbocycles. The topological polar surface area (TPSA) is 261 Å². The van der Waals surface area contributed by atoms with Crippen LogP contribution >= 0.6 is 31.3 Å². The van der Waals surface area contributed by atoms with Gasteiger partial charge in [-0.2, -0.15) is 12.9 Å². The molecule has 22 heteroatoms. The van der Waals surface area contributed by atoms with Crippen LogP contribution in [-0.2, 0) is 51.4 Å². The van der Waals surface area contributed by atoms with Crippen LogP contribution in [0.2, 0.25) is 0 Å². The molecule has 3 rings (SSSR count). The molecule has 6 atom stereocenters. The fraction of sp³-hybridized carbons (Fsp3) is 0.600. The van der Waals surface area contributed by atoms with Crippen LogP contribution in [0.4, 0.5) is 5.82 Å². The van der Waals surface area contributed by atoms with Gasteiger partial charge in [-0.3, -0.25) is 9.05 Å². The number of rotatable bonds is 13. The molecule has 3 heterocycles. The molecule has 210 valence electrons. The van der Waals surface area contributed by atoms with Crippen molar-refractivity contribution < 1.29 is 64.6 Å². The fourth-order valence-electron chi connectivity index (χ4n) is 3.53. The minimum Gasteiger partial charge on any atom is -0.383 e. The summed E-state index contributed by atoms with van der Waals surface area (Å²) in [6, 6.07) is 0. The minimum atomic E-state index is -5.82. The number of hydrogen-bond acceptors (Lipinski definition) is 13. The van der Waals surface area contributed by atoms with Gasteiger partial charge in [0.05, 0.1) is 18.1 Å². The third-order valence-corrected chi connectivity index (χ3v) is 10.8. The van der Waals surface area contributed by atoms with Gasteiger partial charge in [0.2, 0.25) is 0 Å². The molecule has 4 unspecified atom stereocenters. The van der Waals surface area contributed by atoms with E-state index >= 15 is 0 Å². The second-order valence-corrected chi connectivity index (χ2v) is 14.0. The largest absolute Gasteiger partial charge is 0.490 e. The summed E-state index contributed by atoms with van der Waals surface area (Å²) in [6.07, 6.45) is 4.25. The van der Waals surface area contributed by atoms with Crippen LogP contribution in [0.1, 0.15) is 38.0 Å². The van der Waals surface area contributed by atoms with E-state index in [0.29, 0.717) is 36.8 Å². The van der Waals surface area contributed by atoms with Crippen molar-refractivity contribution in [2.45, 2.75) is 44.9 Å². The lowest BCUT2D eigenvalue weighted by Gasteiger charge is -2.20. The molecule has 37 heavy (non-hydrogen) atoms. The molecule has 0 amide bonds. The van der Waals surface area contributed by atoms with E-state index in [9.17, 15) is 32.9 Å². The molecule has 1 aliphatic heterocycles. The Bertz CT molecular complexity index is 1320. The van der Waals surface area contributed by atoms with Crippen LogP contribution in [0.3, 0.4) is 0 Å². The van der Waals surface area contributed by atoms with Gasteiger partial charge in [-0.1, -0.05) is 13.3 Å². The van der Waals surface area contributed by atoms with Crippen LogP contribution in [0.25, 0.3) is 11.0 Å². The summed E-state index contributed by atoms with van der Waals surface area (Å²) in [5.74, 6) is 0.320. The summed E-state index contributed by atoms with van der Waals surface area (Å²) in [6.45, 7) is 1.43. The molecule has 0 saturated carbocycles. The van der Waals surface area contributed by atoms with E-state index in [1.54, 1.807) is 4.57 Å². The van der Waals surface area contributed by atoms with Gasteiger partial charge in [0.15, 0.2) is 0 Å². The first kappa shape index (κ1) is 30.5. The molecule has 1 saturated heterocycles. The Morgan fingerprint density at radius 1 is 1.03 bits per heavy atom. The Labute approximate surface area is 210 Å². The first-order valence-electron chi connectivity index (χ1n) is 10.5. The van der Waals surface area contributed by atoms with E-state index in [-0.39, 0.29) is 0 Å². The van der Waals surface area contributed by atoms with Crippen molar-refractivity contribution in [3.63, 3.8) is 0 Å². The summed E-state index contributed by atoms with van der Waals surface area (Å²) >= 11 is 0. The smallest absolute Gasteiger partial charge is 0.383 e. The van der Waals surface area contributed by atoms with Gasteiger partial charge in [-0.05, 0) is 24.8 Å². The van der Waals surface area contributed by atoms with Crippen molar-refractivity contribution in [3.8, 4) is 0 Å². The lowest BCUT2D eigenvalue weighted by atomic mass is 10.1. The summed E-state index contributed by atoms with van der Waals surface area (Å²) in [5.41, 5.74) is 7.50. The van der Waals surface area contributed by atoms with E-state index in [4.69, 9.17) is 15.4 Å². The van der Waals surface area contributed by atoms with Crippen LogP contribution in [0, 0.1) is 0 Å². The molecule has 0 spiro atoms. The molecule has 6 N–H and O–H groups in total. The lowest BCUT2D eigenvalue weighted by molar-refractivity contribution is -0.0203. The maximum absolute atomic E-state index is 12.1. The molecule has 2 aromatic heterocycles. The standard InChI is InChI=1S/C15H26N4O14P4/c1-3-4-10-7-19(15-13(10)14(16)17-9-18-15)12-6-5-11(30-12)8-29-35(22,23)32-37(26,27)33-36(24,25)31-34(20,21)28-2/h7,9,11-12H,3-6,8H2,1-2H3,(H,20,21)(H,22,23)(H,24,25)(H,26,27)(H2,16,17,18)/t11-,12+/m0/s1. The van der Waals surface area contributed by atoms with Gasteiger partial charge in [0.25, 0.3) is 0 Å². The van der Waals surface area contributed by atoms with Gasteiger partial charge >= 0.3 is 31.3 Å². The van der Waals surface area contributed by atoms with Crippen molar-refractivity contribution in [1.29, 1.82) is 0 Å². The number of aryl methyl sites for hydroxylation is 1. The predicted molar refractivity (Wildman–Crippen MR) is 125 cm³/mol. The number of aromatic nitrogens is 3. The summed E-state index contributed by atoms with van der Waals surface area (Å²) in [7, 11) is -21.4. The maximum Gasteiger partial charge on any atom is 0.490 e. The van der Waals surface area contributed by atoms with Gasteiger partial charge in [-0.15, -0.1) is 0 Å². The third kappa shape index (κ3) is 8.21. The predicted octanol–water partition coefficient (Wildman–Crippen LogP) is 2.76. The number of anilines is 1. The third-order valence-electron chi connectivity index (χ3n) is 4.91. The Morgan fingerprint density at radius 3 is 2.27 bits per heavy atom. The van der Waals surface area contributed by atoms with Crippen molar-refractivity contribution in [3.05, 3.63) is 18.1 Å². The highest BCUT2D eigenvalue weighted by Crippen LogP contribution is 2.71. The molecule has 1 fully saturated rings.